The second kappa shape index (κ2) is 4.79. The number of cyclic esters (lactones) is 1. The van der Waals surface area contributed by atoms with Crippen molar-refractivity contribution in [2.45, 2.75) is 45.8 Å². The Kier molecular flexibility index (Phi) is 3.91. The summed E-state index contributed by atoms with van der Waals surface area (Å²) < 4.78 is 5.22. The van der Waals surface area contributed by atoms with Gasteiger partial charge in [-0.15, -0.1) is 0 Å². The Bertz CT molecular complexity index is 258. The van der Waals surface area contributed by atoms with Crippen molar-refractivity contribution in [2.24, 2.45) is 11.8 Å². The van der Waals surface area contributed by atoms with E-state index >= 15 is 0 Å². The minimum Gasteiger partial charge on any atom is -0.458 e. The van der Waals surface area contributed by atoms with Crippen molar-refractivity contribution in [3.05, 3.63) is 12.2 Å². The molecule has 0 aliphatic carbocycles. The first kappa shape index (κ1) is 12.2. The van der Waals surface area contributed by atoms with Crippen molar-refractivity contribution in [2.75, 3.05) is 0 Å². The fourth-order valence-electron chi connectivity index (χ4n) is 2.04. The van der Waals surface area contributed by atoms with Gasteiger partial charge >= 0.3 is 5.97 Å². The zero-order valence-corrected chi connectivity index (χ0v) is 9.69. The molecule has 3 nitrogen and oxygen atoms in total. The predicted octanol–water partition coefficient (Wildman–Crippen LogP) is 1.90. The zero-order chi connectivity index (χ0) is 11.6. The number of ether oxygens (including phenoxy) is 1. The molecule has 0 aromatic carbocycles. The van der Waals surface area contributed by atoms with Gasteiger partial charge in [-0.2, -0.15) is 0 Å². The van der Waals surface area contributed by atoms with Crippen LogP contribution in [0.3, 0.4) is 0 Å². The van der Waals surface area contributed by atoms with Crippen LogP contribution >= 0.6 is 0 Å². The second-order valence-electron chi connectivity index (χ2n) is 4.60. The molecule has 1 aliphatic heterocycles. The molecule has 1 fully saturated rings. The van der Waals surface area contributed by atoms with E-state index in [4.69, 9.17) is 4.74 Å². The number of esters is 1. The molecular formula is C12H20O3. The Morgan fingerprint density at radius 1 is 1.53 bits per heavy atom. The molecule has 0 aromatic rings. The number of aliphatic hydroxyl groups is 1. The predicted molar refractivity (Wildman–Crippen MR) is 58.3 cm³/mol. The zero-order valence-electron chi connectivity index (χ0n) is 9.69. The molecule has 1 heterocycles. The normalized spacial score (nSPS) is 28.3. The molecule has 0 saturated carbocycles. The SMILES string of the molecule is C=C1C(=O)O[C@@H](CC(C)C)[C@@H]1[C@H](O)CC. The maximum Gasteiger partial charge on any atom is 0.334 e. The summed E-state index contributed by atoms with van der Waals surface area (Å²) >= 11 is 0. The Morgan fingerprint density at radius 3 is 2.60 bits per heavy atom. The molecule has 1 saturated heterocycles. The summed E-state index contributed by atoms with van der Waals surface area (Å²) in [5.41, 5.74) is 0.426. The van der Waals surface area contributed by atoms with Crippen LogP contribution in [0.25, 0.3) is 0 Å². The largest absolute Gasteiger partial charge is 0.458 e. The van der Waals surface area contributed by atoms with E-state index in [2.05, 4.69) is 20.4 Å². The van der Waals surface area contributed by atoms with Gasteiger partial charge in [-0.05, 0) is 18.8 Å². The van der Waals surface area contributed by atoms with Crippen LogP contribution in [0.5, 0.6) is 0 Å². The van der Waals surface area contributed by atoms with Crippen molar-refractivity contribution >= 4 is 5.97 Å². The van der Waals surface area contributed by atoms with E-state index in [1.807, 2.05) is 6.92 Å². The first-order valence-corrected chi connectivity index (χ1v) is 5.55. The summed E-state index contributed by atoms with van der Waals surface area (Å²) in [6.07, 6.45) is 0.689. The summed E-state index contributed by atoms with van der Waals surface area (Å²) in [7, 11) is 0. The summed E-state index contributed by atoms with van der Waals surface area (Å²) in [5.74, 6) is -0.122. The molecular weight excluding hydrogens is 192 g/mol. The fourth-order valence-corrected chi connectivity index (χ4v) is 2.04. The average molecular weight is 212 g/mol. The Balaban J connectivity index is 2.77. The monoisotopic (exact) mass is 212 g/mol. The third kappa shape index (κ3) is 2.59. The second-order valence-corrected chi connectivity index (χ2v) is 4.60. The molecule has 0 amide bonds. The summed E-state index contributed by atoms with van der Waals surface area (Å²) in [5, 5.41) is 9.84. The van der Waals surface area contributed by atoms with E-state index in [-0.39, 0.29) is 18.0 Å². The Hall–Kier alpha value is -0.830. The molecule has 0 bridgehead atoms. The first-order chi connectivity index (χ1) is 6.97. The van der Waals surface area contributed by atoms with E-state index in [0.717, 1.165) is 6.42 Å². The molecule has 0 spiro atoms. The van der Waals surface area contributed by atoms with Crippen LogP contribution in [0.15, 0.2) is 12.2 Å². The average Bonchev–Trinajstić information content (AvgIpc) is 2.41. The molecule has 3 heteroatoms. The van der Waals surface area contributed by atoms with Gasteiger partial charge in [-0.25, -0.2) is 4.79 Å². The lowest BCUT2D eigenvalue weighted by Crippen LogP contribution is -2.29. The van der Waals surface area contributed by atoms with E-state index in [0.29, 0.717) is 17.9 Å². The van der Waals surface area contributed by atoms with E-state index in [1.54, 1.807) is 0 Å². The number of hydrogen-bond acceptors (Lipinski definition) is 3. The maximum absolute atomic E-state index is 11.4. The van der Waals surface area contributed by atoms with Crippen molar-refractivity contribution in [3.63, 3.8) is 0 Å². The summed E-state index contributed by atoms with van der Waals surface area (Å²) in [4.78, 5) is 11.4. The van der Waals surface area contributed by atoms with E-state index in [1.165, 1.54) is 0 Å². The van der Waals surface area contributed by atoms with Gasteiger partial charge in [-0.1, -0.05) is 27.4 Å². The highest BCUT2D eigenvalue weighted by molar-refractivity contribution is 5.90. The van der Waals surface area contributed by atoms with Crippen molar-refractivity contribution < 1.29 is 14.6 Å². The third-order valence-corrected chi connectivity index (χ3v) is 2.86. The molecule has 0 radical (unpaired) electrons. The summed E-state index contributed by atoms with van der Waals surface area (Å²) in [6.45, 7) is 9.75. The molecule has 1 aliphatic rings. The smallest absolute Gasteiger partial charge is 0.334 e. The maximum atomic E-state index is 11.4. The quantitative estimate of drug-likeness (QED) is 0.572. The molecule has 1 rings (SSSR count). The van der Waals surface area contributed by atoms with Gasteiger partial charge in [0.05, 0.1) is 12.0 Å². The highest BCUT2D eigenvalue weighted by Gasteiger charge is 2.42. The number of hydrogen-bond donors (Lipinski definition) is 1. The highest BCUT2D eigenvalue weighted by atomic mass is 16.6. The van der Waals surface area contributed by atoms with Crippen LogP contribution in [-0.2, 0) is 9.53 Å². The van der Waals surface area contributed by atoms with Gasteiger partial charge in [0.15, 0.2) is 0 Å². The van der Waals surface area contributed by atoms with Crippen LogP contribution in [-0.4, -0.2) is 23.3 Å². The number of rotatable bonds is 4. The van der Waals surface area contributed by atoms with Gasteiger partial charge in [0, 0.05) is 5.57 Å². The van der Waals surface area contributed by atoms with Crippen LogP contribution in [0.4, 0.5) is 0 Å². The standard InChI is InChI=1S/C12H20O3/c1-5-9(13)11-8(4)12(14)15-10(11)6-7(2)3/h7,9-11,13H,4-6H2,1-3H3/t9-,10+,11+/m1/s1. The Morgan fingerprint density at radius 2 is 2.13 bits per heavy atom. The van der Waals surface area contributed by atoms with Crippen LogP contribution in [0, 0.1) is 11.8 Å². The molecule has 15 heavy (non-hydrogen) atoms. The molecule has 1 N–H and O–H groups in total. The number of carbonyl (C=O) groups excluding carboxylic acids is 1. The highest BCUT2D eigenvalue weighted by Crippen LogP contribution is 2.34. The van der Waals surface area contributed by atoms with Crippen LogP contribution < -0.4 is 0 Å². The van der Waals surface area contributed by atoms with Gasteiger partial charge in [-0.3, -0.25) is 0 Å². The van der Waals surface area contributed by atoms with Gasteiger partial charge in [0.25, 0.3) is 0 Å². The van der Waals surface area contributed by atoms with E-state index in [9.17, 15) is 9.90 Å². The first-order valence-electron chi connectivity index (χ1n) is 5.55. The Labute approximate surface area is 91.1 Å². The number of aliphatic hydroxyl groups excluding tert-OH is 1. The van der Waals surface area contributed by atoms with Gasteiger partial charge < -0.3 is 9.84 Å². The minimum atomic E-state index is -0.521. The lowest BCUT2D eigenvalue weighted by Gasteiger charge is -2.23. The lowest BCUT2D eigenvalue weighted by molar-refractivity contribution is -0.140. The van der Waals surface area contributed by atoms with Crippen LogP contribution in [0.2, 0.25) is 0 Å². The third-order valence-electron chi connectivity index (χ3n) is 2.86. The number of carbonyl (C=O) groups is 1. The van der Waals surface area contributed by atoms with Crippen molar-refractivity contribution in [1.29, 1.82) is 0 Å². The lowest BCUT2D eigenvalue weighted by atomic mass is 9.86. The molecule has 86 valence electrons. The summed E-state index contributed by atoms with van der Waals surface area (Å²) in [6, 6.07) is 0. The topological polar surface area (TPSA) is 46.5 Å². The van der Waals surface area contributed by atoms with Gasteiger partial charge in [0.2, 0.25) is 0 Å². The molecule has 0 aromatic heterocycles. The van der Waals surface area contributed by atoms with Crippen LogP contribution in [0.1, 0.15) is 33.6 Å². The van der Waals surface area contributed by atoms with Gasteiger partial charge in [0.1, 0.15) is 6.10 Å². The molecule has 0 unspecified atom stereocenters. The van der Waals surface area contributed by atoms with E-state index < -0.39 is 6.10 Å². The fraction of sp³-hybridized carbons (Fsp3) is 0.750. The van der Waals surface area contributed by atoms with Crippen molar-refractivity contribution in [3.8, 4) is 0 Å². The minimum absolute atomic E-state index is 0.194. The van der Waals surface area contributed by atoms with Crippen molar-refractivity contribution in [1.82, 2.24) is 0 Å². The molecule has 3 atom stereocenters.